The number of aromatic amines is 1. The van der Waals surface area contributed by atoms with E-state index < -0.39 is 21.9 Å². The molecule has 0 radical (unpaired) electrons. The lowest BCUT2D eigenvalue weighted by molar-refractivity contribution is -0.386. The Labute approximate surface area is 126 Å². The summed E-state index contributed by atoms with van der Waals surface area (Å²) in [5.74, 6) is 0.624. The van der Waals surface area contributed by atoms with Gasteiger partial charge in [-0.05, 0) is 33.6 Å². The molecule has 21 heavy (non-hydrogen) atoms. The lowest BCUT2D eigenvalue weighted by atomic mass is 10.2. The molecular weight excluding hydrogens is 346 g/mol. The Morgan fingerprint density at radius 1 is 1.43 bits per heavy atom. The number of hydrogen-bond donors (Lipinski definition) is 1. The third kappa shape index (κ3) is 3.19. The first-order chi connectivity index (χ1) is 9.92. The molecule has 1 aromatic heterocycles. The lowest BCUT2D eigenvalue weighted by Gasteiger charge is -2.08. The van der Waals surface area contributed by atoms with E-state index in [0.29, 0.717) is 15.8 Å². The largest absolute Gasteiger partial charge is 0.496 e. The standard InChI is InChI=1S/C12H10BrN3O5/c1-21-10-3-2-7(4-8(10)13)5-15-6-9(16(19)20)11(17)14-12(15)18/h2-4,6H,5H2,1H3,(H,14,17,18). The number of halogens is 1. The summed E-state index contributed by atoms with van der Waals surface area (Å²) in [5, 5.41) is 10.7. The van der Waals surface area contributed by atoms with Crippen molar-refractivity contribution in [3.63, 3.8) is 0 Å². The second-order valence-corrected chi connectivity index (χ2v) is 4.98. The summed E-state index contributed by atoms with van der Waals surface area (Å²) in [6.07, 6.45) is 0.930. The molecule has 0 atom stereocenters. The Hall–Kier alpha value is -2.42. The number of hydrogen-bond acceptors (Lipinski definition) is 5. The summed E-state index contributed by atoms with van der Waals surface area (Å²) in [6, 6.07) is 5.14. The van der Waals surface area contributed by atoms with E-state index in [1.165, 1.54) is 7.11 Å². The maximum absolute atomic E-state index is 11.7. The molecule has 1 N–H and O–H groups in total. The molecule has 0 aliphatic heterocycles. The SMILES string of the molecule is COc1ccc(Cn2cc([N+](=O)[O-])c(=O)[nH]c2=O)cc1Br. The number of nitrogens with one attached hydrogen (secondary N) is 1. The molecule has 0 fully saturated rings. The van der Waals surface area contributed by atoms with Gasteiger partial charge >= 0.3 is 16.9 Å². The Morgan fingerprint density at radius 3 is 2.71 bits per heavy atom. The van der Waals surface area contributed by atoms with Crippen molar-refractivity contribution in [3.05, 3.63) is 65.4 Å². The molecule has 2 rings (SSSR count). The van der Waals surface area contributed by atoms with Gasteiger partial charge in [0.15, 0.2) is 0 Å². The number of benzene rings is 1. The van der Waals surface area contributed by atoms with Gasteiger partial charge in [0.25, 0.3) is 0 Å². The molecule has 0 aliphatic carbocycles. The maximum atomic E-state index is 11.7. The van der Waals surface area contributed by atoms with Crippen molar-refractivity contribution in [2.24, 2.45) is 0 Å². The first kappa shape index (κ1) is 15.0. The number of nitrogens with zero attached hydrogens (tertiary/aromatic N) is 2. The fourth-order valence-electron chi connectivity index (χ4n) is 1.75. The fraction of sp³-hybridized carbons (Fsp3) is 0.167. The van der Waals surface area contributed by atoms with Crippen molar-refractivity contribution in [1.82, 2.24) is 9.55 Å². The monoisotopic (exact) mass is 355 g/mol. The zero-order valence-electron chi connectivity index (χ0n) is 10.8. The van der Waals surface area contributed by atoms with Crippen LogP contribution in [0.25, 0.3) is 0 Å². The van der Waals surface area contributed by atoms with Crippen molar-refractivity contribution in [2.45, 2.75) is 6.54 Å². The van der Waals surface area contributed by atoms with E-state index in [9.17, 15) is 19.7 Å². The van der Waals surface area contributed by atoms with E-state index in [1.54, 1.807) is 18.2 Å². The highest BCUT2D eigenvalue weighted by molar-refractivity contribution is 9.10. The third-order valence-electron chi connectivity index (χ3n) is 2.76. The van der Waals surface area contributed by atoms with Crippen molar-refractivity contribution < 1.29 is 9.66 Å². The van der Waals surface area contributed by atoms with E-state index in [-0.39, 0.29) is 6.54 Å². The number of rotatable bonds is 4. The van der Waals surface area contributed by atoms with Gasteiger partial charge in [-0.15, -0.1) is 0 Å². The van der Waals surface area contributed by atoms with Crippen molar-refractivity contribution in [3.8, 4) is 5.75 Å². The highest BCUT2D eigenvalue weighted by Gasteiger charge is 2.15. The van der Waals surface area contributed by atoms with E-state index in [1.807, 2.05) is 4.98 Å². The van der Waals surface area contributed by atoms with Gasteiger partial charge in [-0.1, -0.05) is 6.07 Å². The van der Waals surface area contributed by atoms with Crippen molar-refractivity contribution in [2.75, 3.05) is 7.11 Å². The van der Waals surface area contributed by atoms with Crippen LogP contribution in [0.15, 0.2) is 38.5 Å². The molecule has 0 amide bonds. The van der Waals surface area contributed by atoms with Crippen LogP contribution >= 0.6 is 15.9 Å². The van der Waals surface area contributed by atoms with Crippen LogP contribution in [-0.2, 0) is 6.54 Å². The smallest absolute Gasteiger partial charge is 0.350 e. The van der Waals surface area contributed by atoms with Crippen molar-refractivity contribution in [1.29, 1.82) is 0 Å². The normalized spacial score (nSPS) is 10.4. The quantitative estimate of drug-likeness (QED) is 0.656. The fourth-order valence-corrected chi connectivity index (χ4v) is 2.34. The Kier molecular flexibility index (Phi) is 4.22. The van der Waals surface area contributed by atoms with Crippen LogP contribution < -0.4 is 16.0 Å². The Balaban J connectivity index is 2.42. The average molecular weight is 356 g/mol. The molecule has 0 saturated heterocycles. The number of methoxy groups -OCH3 is 1. The lowest BCUT2D eigenvalue weighted by Crippen LogP contribution is -2.31. The molecule has 110 valence electrons. The molecule has 0 unspecified atom stereocenters. The number of aromatic nitrogens is 2. The summed E-state index contributed by atoms with van der Waals surface area (Å²) < 4.78 is 6.84. The van der Waals surface area contributed by atoms with Gasteiger partial charge < -0.3 is 4.74 Å². The molecule has 1 aromatic carbocycles. The van der Waals surface area contributed by atoms with Crippen LogP contribution in [0.1, 0.15) is 5.56 Å². The number of H-pyrrole nitrogens is 1. The van der Waals surface area contributed by atoms with Crippen LogP contribution in [0.4, 0.5) is 5.69 Å². The van der Waals surface area contributed by atoms with Gasteiger partial charge in [-0.25, -0.2) is 4.79 Å². The zero-order valence-corrected chi connectivity index (χ0v) is 12.4. The van der Waals surface area contributed by atoms with Gasteiger partial charge in [-0.2, -0.15) is 0 Å². The molecular formula is C12H10BrN3O5. The topological polar surface area (TPSA) is 107 Å². The summed E-state index contributed by atoms with van der Waals surface area (Å²) in [5.41, 5.74) is -1.69. The molecule has 0 saturated carbocycles. The molecule has 2 aromatic rings. The molecule has 8 nitrogen and oxygen atoms in total. The minimum absolute atomic E-state index is 0.0824. The van der Waals surface area contributed by atoms with Crippen LogP contribution in [0.5, 0.6) is 5.75 Å². The van der Waals surface area contributed by atoms with Gasteiger partial charge in [0, 0.05) is 0 Å². The Morgan fingerprint density at radius 2 is 2.14 bits per heavy atom. The van der Waals surface area contributed by atoms with E-state index in [2.05, 4.69) is 15.9 Å². The summed E-state index contributed by atoms with van der Waals surface area (Å²) in [7, 11) is 1.52. The van der Waals surface area contributed by atoms with Crippen LogP contribution in [-0.4, -0.2) is 21.6 Å². The van der Waals surface area contributed by atoms with E-state index in [0.717, 1.165) is 10.8 Å². The van der Waals surface area contributed by atoms with Gasteiger partial charge in [0.1, 0.15) is 5.75 Å². The minimum Gasteiger partial charge on any atom is -0.496 e. The predicted octanol–water partition coefficient (Wildman–Crippen LogP) is 1.26. The van der Waals surface area contributed by atoms with Gasteiger partial charge in [0.2, 0.25) is 0 Å². The van der Waals surface area contributed by atoms with Gasteiger partial charge in [-0.3, -0.25) is 24.5 Å². The molecule has 9 heteroatoms. The van der Waals surface area contributed by atoms with Crippen molar-refractivity contribution >= 4 is 21.6 Å². The first-order valence-electron chi connectivity index (χ1n) is 5.73. The summed E-state index contributed by atoms with van der Waals surface area (Å²) >= 11 is 3.31. The zero-order chi connectivity index (χ0) is 15.6. The van der Waals surface area contributed by atoms with E-state index in [4.69, 9.17) is 4.74 Å². The number of nitro groups is 1. The predicted molar refractivity (Wildman–Crippen MR) is 77.8 cm³/mol. The molecule has 0 bridgehead atoms. The summed E-state index contributed by atoms with van der Waals surface area (Å²) in [6.45, 7) is 0.0824. The molecule has 0 aliphatic rings. The van der Waals surface area contributed by atoms with Crippen LogP contribution in [0, 0.1) is 10.1 Å². The number of ether oxygens (including phenoxy) is 1. The highest BCUT2D eigenvalue weighted by Crippen LogP contribution is 2.25. The Bertz CT molecular complexity index is 811. The summed E-state index contributed by atoms with van der Waals surface area (Å²) in [4.78, 5) is 34.8. The van der Waals surface area contributed by atoms with Crippen LogP contribution in [0.3, 0.4) is 0 Å². The van der Waals surface area contributed by atoms with Crippen LogP contribution in [0.2, 0.25) is 0 Å². The minimum atomic E-state index is -1.02. The average Bonchev–Trinajstić information content (AvgIpc) is 2.41. The third-order valence-corrected chi connectivity index (χ3v) is 3.38. The second kappa shape index (κ2) is 5.92. The highest BCUT2D eigenvalue weighted by atomic mass is 79.9. The van der Waals surface area contributed by atoms with Gasteiger partial charge in [0.05, 0.1) is 29.2 Å². The second-order valence-electron chi connectivity index (χ2n) is 4.13. The van der Waals surface area contributed by atoms with E-state index >= 15 is 0 Å². The molecule has 0 spiro atoms. The molecule has 1 heterocycles. The first-order valence-corrected chi connectivity index (χ1v) is 6.52. The maximum Gasteiger partial charge on any atom is 0.350 e.